The highest BCUT2D eigenvalue weighted by Crippen LogP contribution is 2.43. The number of ether oxygens (including phenoxy) is 2. The molecule has 8 nitrogen and oxygen atoms in total. The van der Waals surface area contributed by atoms with Gasteiger partial charge >= 0.3 is 0 Å². The SMILES string of the molecule is CCOc1cc(C2C(C(=O)Nc3cccc(C)c3)=C(C)Nc3ncnn32)cc(Br)c1OCc1c(F)cccc1Cl. The highest BCUT2D eigenvalue weighted by atomic mass is 79.9. The minimum absolute atomic E-state index is 0.104. The summed E-state index contributed by atoms with van der Waals surface area (Å²) in [6.07, 6.45) is 1.43. The van der Waals surface area contributed by atoms with E-state index in [-0.39, 0.29) is 23.1 Å². The van der Waals surface area contributed by atoms with E-state index in [9.17, 15) is 9.18 Å². The summed E-state index contributed by atoms with van der Waals surface area (Å²) < 4.78 is 28.5. The number of nitrogens with one attached hydrogen (secondary N) is 2. The summed E-state index contributed by atoms with van der Waals surface area (Å²) in [5.41, 5.74) is 3.74. The van der Waals surface area contributed by atoms with E-state index in [0.29, 0.717) is 51.0 Å². The van der Waals surface area contributed by atoms with Gasteiger partial charge in [0.05, 0.1) is 21.7 Å². The molecule has 11 heteroatoms. The molecule has 5 rings (SSSR count). The van der Waals surface area contributed by atoms with Gasteiger partial charge in [-0.3, -0.25) is 4.79 Å². The number of hydrogen-bond acceptors (Lipinski definition) is 6. The van der Waals surface area contributed by atoms with Crippen LogP contribution in [0.2, 0.25) is 5.02 Å². The van der Waals surface area contributed by atoms with Crippen molar-refractivity contribution in [2.45, 2.75) is 33.4 Å². The maximum absolute atomic E-state index is 14.4. The lowest BCUT2D eigenvalue weighted by Gasteiger charge is -2.29. The lowest BCUT2D eigenvalue weighted by Crippen LogP contribution is -2.31. The third-order valence-corrected chi connectivity index (χ3v) is 7.33. The molecule has 1 aliphatic rings. The van der Waals surface area contributed by atoms with Crippen molar-refractivity contribution in [3.05, 3.63) is 104 Å². The zero-order valence-corrected chi connectivity index (χ0v) is 24.3. The Labute approximate surface area is 244 Å². The Bertz CT molecular complexity index is 1600. The van der Waals surface area contributed by atoms with Crippen LogP contribution in [0.4, 0.5) is 16.0 Å². The van der Waals surface area contributed by atoms with Crippen LogP contribution in [-0.4, -0.2) is 27.3 Å². The first kappa shape index (κ1) is 27.7. The number of halogens is 3. The second-order valence-corrected chi connectivity index (χ2v) is 10.4. The molecule has 2 N–H and O–H groups in total. The lowest BCUT2D eigenvalue weighted by atomic mass is 9.94. The predicted octanol–water partition coefficient (Wildman–Crippen LogP) is 7.05. The van der Waals surface area contributed by atoms with E-state index in [2.05, 4.69) is 36.6 Å². The maximum Gasteiger partial charge on any atom is 0.255 e. The molecule has 1 amide bonds. The number of fused-ring (bicyclic) bond motifs is 1. The zero-order chi connectivity index (χ0) is 28.4. The van der Waals surface area contributed by atoms with E-state index in [0.717, 1.165) is 5.56 Å². The molecule has 0 saturated carbocycles. The van der Waals surface area contributed by atoms with E-state index in [4.69, 9.17) is 21.1 Å². The Morgan fingerprint density at radius 3 is 2.73 bits per heavy atom. The first-order chi connectivity index (χ1) is 19.3. The van der Waals surface area contributed by atoms with Gasteiger partial charge in [-0.15, -0.1) is 0 Å². The molecule has 0 fully saturated rings. The van der Waals surface area contributed by atoms with Gasteiger partial charge in [0.25, 0.3) is 5.91 Å². The number of aryl methyl sites for hydroxylation is 1. The number of carbonyl (C=O) groups excluding carboxylic acids is 1. The fraction of sp³-hybridized carbons (Fsp3) is 0.207. The van der Waals surface area contributed by atoms with E-state index in [1.165, 1.54) is 18.5 Å². The first-order valence-corrected chi connectivity index (χ1v) is 13.7. The molecular weight excluding hydrogens is 601 g/mol. The summed E-state index contributed by atoms with van der Waals surface area (Å²) >= 11 is 9.80. The Hall–Kier alpha value is -3.89. The summed E-state index contributed by atoms with van der Waals surface area (Å²) in [5.74, 6) is 0.542. The summed E-state index contributed by atoms with van der Waals surface area (Å²) in [6.45, 7) is 5.88. The van der Waals surface area contributed by atoms with Crippen LogP contribution in [0.15, 0.2) is 76.7 Å². The van der Waals surface area contributed by atoms with Gasteiger partial charge in [0, 0.05) is 16.9 Å². The summed E-state index contributed by atoms with van der Waals surface area (Å²) in [6, 6.07) is 15.1. The second-order valence-electron chi connectivity index (χ2n) is 9.17. The number of rotatable bonds is 8. The summed E-state index contributed by atoms with van der Waals surface area (Å²) in [7, 11) is 0. The van der Waals surface area contributed by atoms with Crippen LogP contribution in [0.5, 0.6) is 11.5 Å². The van der Waals surface area contributed by atoms with Gasteiger partial charge in [-0.2, -0.15) is 10.1 Å². The Morgan fingerprint density at radius 2 is 1.98 bits per heavy atom. The van der Waals surface area contributed by atoms with Gasteiger partial charge in [0.2, 0.25) is 5.95 Å². The molecule has 3 aromatic carbocycles. The largest absolute Gasteiger partial charge is 0.490 e. The molecule has 1 atom stereocenters. The molecule has 0 radical (unpaired) electrons. The van der Waals surface area contributed by atoms with Crippen LogP contribution >= 0.6 is 27.5 Å². The Morgan fingerprint density at radius 1 is 1.18 bits per heavy atom. The molecule has 1 aromatic heterocycles. The highest BCUT2D eigenvalue weighted by molar-refractivity contribution is 9.10. The predicted molar refractivity (Wildman–Crippen MR) is 155 cm³/mol. The van der Waals surface area contributed by atoms with Crippen molar-refractivity contribution in [1.29, 1.82) is 0 Å². The molecule has 2 heterocycles. The van der Waals surface area contributed by atoms with Gasteiger partial charge in [-0.05, 0) is 84.2 Å². The van der Waals surface area contributed by atoms with Crippen molar-refractivity contribution < 1.29 is 18.7 Å². The average Bonchev–Trinajstić information content (AvgIpc) is 3.36. The van der Waals surface area contributed by atoms with Crippen LogP contribution in [0.1, 0.15) is 36.6 Å². The van der Waals surface area contributed by atoms with Crippen LogP contribution < -0.4 is 20.1 Å². The minimum Gasteiger partial charge on any atom is -0.490 e. The second kappa shape index (κ2) is 11.7. The van der Waals surface area contributed by atoms with Crippen molar-refractivity contribution in [2.75, 3.05) is 17.2 Å². The van der Waals surface area contributed by atoms with E-state index < -0.39 is 11.9 Å². The van der Waals surface area contributed by atoms with Crippen molar-refractivity contribution in [3.63, 3.8) is 0 Å². The van der Waals surface area contributed by atoms with Gasteiger partial charge in [-0.25, -0.2) is 9.07 Å². The van der Waals surface area contributed by atoms with Crippen LogP contribution in [0.25, 0.3) is 0 Å². The number of benzene rings is 3. The van der Waals surface area contributed by atoms with E-state index >= 15 is 0 Å². The van der Waals surface area contributed by atoms with Crippen molar-refractivity contribution in [2.24, 2.45) is 0 Å². The summed E-state index contributed by atoms with van der Waals surface area (Å²) in [4.78, 5) is 18.0. The number of amides is 1. The lowest BCUT2D eigenvalue weighted by molar-refractivity contribution is -0.113. The molecular formula is C29H26BrClFN5O3. The topological polar surface area (TPSA) is 90.3 Å². The fourth-order valence-corrected chi connectivity index (χ4v) is 5.37. The summed E-state index contributed by atoms with van der Waals surface area (Å²) in [5, 5.41) is 10.9. The molecule has 0 saturated heterocycles. The van der Waals surface area contributed by atoms with Crippen LogP contribution in [0, 0.1) is 12.7 Å². The van der Waals surface area contributed by atoms with Gasteiger partial charge in [-0.1, -0.05) is 29.8 Å². The van der Waals surface area contributed by atoms with Crippen molar-refractivity contribution in [1.82, 2.24) is 14.8 Å². The third-order valence-electron chi connectivity index (χ3n) is 6.38. The molecule has 40 heavy (non-hydrogen) atoms. The smallest absolute Gasteiger partial charge is 0.255 e. The van der Waals surface area contributed by atoms with E-state index in [1.54, 1.807) is 16.8 Å². The number of allylic oxidation sites excluding steroid dienone is 1. The van der Waals surface area contributed by atoms with Gasteiger partial charge in [0.15, 0.2) is 11.5 Å². The number of nitrogens with zero attached hydrogens (tertiary/aromatic N) is 3. The van der Waals surface area contributed by atoms with Crippen LogP contribution in [-0.2, 0) is 11.4 Å². The maximum atomic E-state index is 14.4. The number of aromatic nitrogens is 3. The fourth-order valence-electron chi connectivity index (χ4n) is 4.58. The number of hydrogen-bond donors (Lipinski definition) is 2. The van der Waals surface area contributed by atoms with Gasteiger partial charge in [0.1, 0.15) is 24.8 Å². The van der Waals surface area contributed by atoms with Gasteiger partial charge < -0.3 is 20.1 Å². The average molecular weight is 627 g/mol. The number of anilines is 2. The zero-order valence-electron chi connectivity index (χ0n) is 22.0. The molecule has 206 valence electrons. The third kappa shape index (κ3) is 5.55. The monoisotopic (exact) mass is 625 g/mol. The molecule has 0 spiro atoms. The minimum atomic E-state index is -0.630. The van der Waals surface area contributed by atoms with Crippen molar-refractivity contribution in [3.8, 4) is 11.5 Å². The van der Waals surface area contributed by atoms with E-state index in [1.807, 2.05) is 51.1 Å². The highest BCUT2D eigenvalue weighted by Gasteiger charge is 2.34. The normalized spacial score (nSPS) is 14.4. The first-order valence-electron chi connectivity index (χ1n) is 12.5. The Balaban J connectivity index is 1.54. The quantitative estimate of drug-likeness (QED) is 0.218. The molecule has 4 aromatic rings. The van der Waals surface area contributed by atoms with Crippen molar-refractivity contribution >= 4 is 45.1 Å². The molecule has 1 unspecified atom stereocenters. The number of carbonyl (C=O) groups is 1. The molecule has 1 aliphatic heterocycles. The Kier molecular flexibility index (Phi) is 8.09. The standard InChI is InChI=1S/C29H26BrClFN5O3/c1-4-39-24-13-18(12-21(30)27(24)40-14-20-22(31)9-6-10-23(20)32)26-25(17(3)35-29-33-15-34-37(26)29)28(38)36-19-8-5-7-16(2)11-19/h5-13,15,26H,4,14H2,1-3H3,(H,36,38)(H,33,34,35). The molecule has 0 aliphatic carbocycles. The molecule has 0 bridgehead atoms. The van der Waals surface area contributed by atoms with Crippen LogP contribution in [0.3, 0.4) is 0 Å².